The number of rotatable bonds is 5. The second-order valence-electron chi connectivity index (χ2n) is 8.06. The first-order valence-electron chi connectivity index (χ1n) is 10.7. The molecule has 4 rings (SSSR count). The molecule has 2 N–H and O–H groups in total. The van der Waals surface area contributed by atoms with Gasteiger partial charge >= 0.3 is 0 Å². The largest absolute Gasteiger partial charge is 0.484 e. The first-order valence-corrected chi connectivity index (χ1v) is 11.5. The van der Waals surface area contributed by atoms with Crippen LogP contribution in [0.1, 0.15) is 28.8 Å². The third-order valence-electron chi connectivity index (χ3n) is 5.83. The number of benzene rings is 1. The van der Waals surface area contributed by atoms with Crippen LogP contribution in [0.4, 0.5) is 5.82 Å². The van der Waals surface area contributed by atoms with Crippen molar-refractivity contribution in [2.75, 3.05) is 24.6 Å². The van der Waals surface area contributed by atoms with E-state index in [0.29, 0.717) is 18.6 Å². The molecule has 3 heterocycles. The molecule has 0 unspecified atom stereocenters. The van der Waals surface area contributed by atoms with E-state index >= 15 is 0 Å². The minimum absolute atomic E-state index is 0.160. The second-order valence-corrected chi connectivity index (χ2v) is 9.26. The van der Waals surface area contributed by atoms with E-state index in [-0.39, 0.29) is 18.4 Å². The monoisotopic (exact) mass is 453 g/mol. The van der Waals surface area contributed by atoms with Crippen molar-refractivity contribution in [1.82, 2.24) is 20.8 Å². The van der Waals surface area contributed by atoms with Crippen LogP contribution in [0.25, 0.3) is 10.2 Å². The standard InChI is InChI=1S/C23H27N5O3S/c1-14-4-6-18(7-5-14)31-12-19(29)26-27-22(30)17-8-10-28(11-9-17)21-20-15(2)16(3)32-23(20)25-13-24-21/h4-7,13,17H,8-12H2,1-3H3,(H,26,29)(H,27,30). The molecule has 1 aliphatic heterocycles. The average Bonchev–Trinajstić information content (AvgIpc) is 3.10. The number of nitrogens with one attached hydrogen (secondary N) is 2. The maximum absolute atomic E-state index is 12.5. The van der Waals surface area contributed by atoms with Crippen LogP contribution in [0, 0.1) is 26.7 Å². The number of fused-ring (bicyclic) bond motifs is 1. The van der Waals surface area contributed by atoms with Crippen molar-refractivity contribution in [3.05, 3.63) is 46.6 Å². The van der Waals surface area contributed by atoms with E-state index in [0.717, 1.165) is 34.7 Å². The van der Waals surface area contributed by atoms with Crippen molar-refractivity contribution < 1.29 is 14.3 Å². The molecule has 1 saturated heterocycles. The number of carbonyl (C=O) groups is 2. The number of hydrogen-bond acceptors (Lipinski definition) is 7. The molecule has 0 bridgehead atoms. The summed E-state index contributed by atoms with van der Waals surface area (Å²) in [6.45, 7) is 7.47. The lowest BCUT2D eigenvalue weighted by Gasteiger charge is -2.32. The molecule has 0 spiro atoms. The van der Waals surface area contributed by atoms with Crippen LogP contribution in [-0.2, 0) is 9.59 Å². The van der Waals surface area contributed by atoms with Gasteiger partial charge in [-0.3, -0.25) is 20.4 Å². The van der Waals surface area contributed by atoms with Crippen LogP contribution in [-0.4, -0.2) is 41.5 Å². The highest BCUT2D eigenvalue weighted by molar-refractivity contribution is 7.18. The molecule has 0 aliphatic carbocycles. The van der Waals surface area contributed by atoms with Crippen LogP contribution in [0.15, 0.2) is 30.6 Å². The van der Waals surface area contributed by atoms with Gasteiger partial charge in [-0.2, -0.15) is 0 Å². The van der Waals surface area contributed by atoms with Gasteiger partial charge in [-0.25, -0.2) is 9.97 Å². The molecule has 2 aromatic heterocycles. The highest BCUT2D eigenvalue weighted by Gasteiger charge is 2.27. The molecule has 32 heavy (non-hydrogen) atoms. The first kappa shape index (κ1) is 22.0. The fourth-order valence-corrected chi connectivity index (χ4v) is 4.80. The van der Waals surface area contributed by atoms with E-state index in [1.54, 1.807) is 29.8 Å². The number of aryl methyl sites for hydroxylation is 3. The Kier molecular flexibility index (Phi) is 6.55. The molecule has 3 aromatic rings. The summed E-state index contributed by atoms with van der Waals surface area (Å²) >= 11 is 1.68. The molecule has 0 radical (unpaired) electrons. The molecule has 9 heteroatoms. The number of hydrogen-bond donors (Lipinski definition) is 2. The van der Waals surface area contributed by atoms with Gasteiger partial charge in [0.1, 0.15) is 22.7 Å². The van der Waals surface area contributed by atoms with E-state index in [9.17, 15) is 9.59 Å². The van der Waals surface area contributed by atoms with E-state index < -0.39 is 5.91 Å². The van der Waals surface area contributed by atoms with Gasteiger partial charge in [-0.15, -0.1) is 11.3 Å². The Morgan fingerprint density at radius 1 is 1.09 bits per heavy atom. The summed E-state index contributed by atoms with van der Waals surface area (Å²) in [4.78, 5) is 37.9. The van der Waals surface area contributed by atoms with Crippen molar-refractivity contribution in [3.8, 4) is 5.75 Å². The minimum Gasteiger partial charge on any atom is -0.484 e. The topological polar surface area (TPSA) is 96.5 Å². The van der Waals surface area contributed by atoms with Gasteiger partial charge in [0.05, 0.1) is 5.39 Å². The van der Waals surface area contributed by atoms with Crippen LogP contribution in [0.5, 0.6) is 5.75 Å². The summed E-state index contributed by atoms with van der Waals surface area (Å²) < 4.78 is 5.43. The quantitative estimate of drug-likeness (QED) is 0.577. The number of ether oxygens (including phenoxy) is 1. The molecule has 0 saturated carbocycles. The lowest BCUT2D eigenvalue weighted by Crippen LogP contribution is -2.48. The predicted molar refractivity (Wildman–Crippen MR) is 125 cm³/mol. The number of nitrogens with zero attached hydrogens (tertiary/aromatic N) is 3. The van der Waals surface area contributed by atoms with E-state index in [1.165, 1.54) is 10.4 Å². The highest BCUT2D eigenvalue weighted by Crippen LogP contribution is 2.35. The van der Waals surface area contributed by atoms with E-state index in [4.69, 9.17) is 4.74 Å². The number of aromatic nitrogens is 2. The number of piperidine rings is 1. The number of thiophene rings is 1. The molecule has 2 amide bonds. The normalized spacial score (nSPS) is 14.4. The minimum atomic E-state index is -0.400. The Labute approximate surface area is 191 Å². The van der Waals surface area contributed by atoms with Crippen molar-refractivity contribution in [2.24, 2.45) is 5.92 Å². The van der Waals surface area contributed by atoms with Crippen LogP contribution < -0.4 is 20.5 Å². The van der Waals surface area contributed by atoms with Gasteiger partial charge in [-0.1, -0.05) is 17.7 Å². The highest BCUT2D eigenvalue weighted by atomic mass is 32.1. The van der Waals surface area contributed by atoms with E-state index in [2.05, 4.69) is 39.6 Å². The van der Waals surface area contributed by atoms with Gasteiger partial charge in [0.2, 0.25) is 5.91 Å². The zero-order valence-electron chi connectivity index (χ0n) is 18.5. The first-order chi connectivity index (χ1) is 15.4. The van der Waals surface area contributed by atoms with Gasteiger partial charge < -0.3 is 9.64 Å². The van der Waals surface area contributed by atoms with Crippen LogP contribution >= 0.6 is 11.3 Å². The molecule has 1 aliphatic rings. The number of anilines is 1. The van der Waals surface area contributed by atoms with E-state index in [1.807, 2.05) is 19.1 Å². The van der Waals surface area contributed by atoms with Crippen LogP contribution in [0.3, 0.4) is 0 Å². The van der Waals surface area contributed by atoms with Crippen molar-refractivity contribution in [3.63, 3.8) is 0 Å². The summed E-state index contributed by atoms with van der Waals surface area (Å²) in [6.07, 6.45) is 2.99. The third kappa shape index (κ3) is 4.83. The second kappa shape index (κ2) is 9.52. The molecular weight excluding hydrogens is 426 g/mol. The van der Waals surface area contributed by atoms with Gasteiger partial charge in [0.25, 0.3) is 5.91 Å². The summed E-state index contributed by atoms with van der Waals surface area (Å²) in [5, 5.41) is 1.11. The lowest BCUT2D eigenvalue weighted by molar-refractivity contribution is -0.132. The molecule has 1 fully saturated rings. The zero-order chi connectivity index (χ0) is 22.7. The fourth-order valence-electron chi connectivity index (χ4n) is 3.81. The fraction of sp³-hybridized carbons (Fsp3) is 0.391. The Morgan fingerprint density at radius 3 is 2.53 bits per heavy atom. The number of amides is 2. The molecule has 1 aromatic carbocycles. The summed E-state index contributed by atoms with van der Waals surface area (Å²) in [6, 6.07) is 7.43. The Morgan fingerprint density at radius 2 is 1.81 bits per heavy atom. The number of hydrazine groups is 1. The average molecular weight is 454 g/mol. The van der Waals surface area contributed by atoms with Crippen LogP contribution in [0.2, 0.25) is 0 Å². The van der Waals surface area contributed by atoms with Gasteiger partial charge in [0.15, 0.2) is 6.61 Å². The zero-order valence-corrected chi connectivity index (χ0v) is 19.3. The molecule has 8 nitrogen and oxygen atoms in total. The Balaban J connectivity index is 1.26. The predicted octanol–water partition coefficient (Wildman–Crippen LogP) is 3.06. The summed E-state index contributed by atoms with van der Waals surface area (Å²) in [5.41, 5.74) is 7.31. The maximum atomic E-state index is 12.5. The summed E-state index contributed by atoms with van der Waals surface area (Å²) in [7, 11) is 0. The Hall–Kier alpha value is -3.20. The van der Waals surface area contributed by atoms with Crippen molar-refractivity contribution in [2.45, 2.75) is 33.6 Å². The van der Waals surface area contributed by atoms with Gasteiger partial charge in [-0.05, 0) is 51.3 Å². The van der Waals surface area contributed by atoms with Crippen molar-refractivity contribution in [1.29, 1.82) is 0 Å². The third-order valence-corrected chi connectivity index (χ3v) is 6.94. The van der Waals surface area contributed by atoms with Crippen molar-refractivity contribution >= 4 is 39.2 Å². The molecule has 168 valence electrons. The molecule has 0 atom stereocenters. The lowest BCUT2D eigenvalue weighted by atomic mass is 9.96. The Bertz CT molecular complexity index is 1120. The summed E-state index contributed by atoms with van der Waals surface area (Å²) in [5.74, 6) is 0.815. The SMILES string of the molecule is Cc1ccc(OCC(=O)NNC(=O)C2CCN(c3ncnc4sc(C)c(C)c34)CC2)cc1. The van der Waals surface area contributed by atoms with Gasteiger partial charge in [0, 0.05) is 23.9 Å². The number of carbonyl (C=O) groups excluding carboxylic acids is 2. The maximum Gasteiger partial charge on any atom is 0.276 e. The molecular formula is C23H27N5O3S. The smallest absolute Gasteiger partial charge is 0.276 e.